The van der Waals surface area contributed by atoms with Gasteiger partial charge in [-0.15, -0.1) is 0 Å². The van der Waals surface area contributed by atoms with Crippen LogP contribution >= 0.6 is 0 Å². The number of phenolic OH excluding ortho intramolecular Hbond substituents is 2. The molecule has 2 aromatic rings. The molecule has 2 N–H and O–H groups in total. The van der Waals surface area contributed by atoms with Gasteiger partial charge in [0.25, 0.3) is 0 Å². The maximum atomic E-state index is 10.9. The van der Waals surface area contributed by atoms with Gasteiger partial charge in [-0.2, -0.15) is 0 Å². The van der Waals surface area contributed by atoms with Gasteiger partial charge in [-0.05, 0) is 97.6 Å². The van der Waals surface area contributed by atoms with Crippen LogP contribution in [0.3, 0.4) is 0 Å². The Morgan fingerprint density at radius 1 is 0.684 bits per heavy atom. The summed E-state index contributed by atoms with van der Waals surface area (Å²) in [6.07, 6.45) is 14.5. The molecule has 1 aliphatic rings. The lowest BCUT2D eigenvalue weighted by molar-refractivity contribution is 0.399. The van der Waals surface area contributed by atoms with Gasteiger partial charge in [-0.3, -0.25) is 9.98 Å². The highest BCUT2D eigenvalue weighted by atomic mass is 16.3. The van der Waals surface area contributed by atoms with E-state index in [2.05, 4.69) is 65.8 Å². The molecule has 0 atom stereocenters. The molecule has 1 saturated carbocycles. The fraction of sp³-hybridized carbons (Fsp3) is 0.588. The van der Waals surface area contributed by atoms with E-state index in [-0.39, 0.29) is 23.9 Å². The van der Waals surface area contributed by atoms with Gasteiger partial charge in [-0.1, -0.05) is 66.5 Å². The van der Waals surface area contributed by atoms with Crippen LogP contribution in [0.25, 0.3) is 0 Å². The first-order valence-corrected chi connectivity index (χ1v) is 15.0. The summed E-state index contributed by atoms with van der Waals surface area (Å²) >= 11 is 0. The third-order valence-electron chi connectivity index (χ3n) is 7.85. The summed E-state index contributed by atoms with van der Waals surface area (Å²) < 4.78 is 0. The zero-order valence-corrected chi connectivity index (χ0v) is 24.6. The Labute approximate surface area is 231 Å². The summed E-state index contributed by atoms with van der Waals surface area (Å²) in [6.45, 7) is 12.9. The minimum Gasteiger partial charge on any atom is -0.507 e. The Morgan fingerprint density at radius 2 is 1.05 bits per heavy atom. The monoisotopic (exact) mass is 518 g/mol. The molecule has 0 unspecified atom stereocenters. The van der Waals surface area contributed by atoms with Crippen molar-refractivity contribution in [3.63, 3.8) is 0 Å². The van der Waals surface area contributed by atoms with Crippen LogP contribution in [0.5, 0.6) is 11.5 Å². The molecule has 1 fully saturated rings. The summed E-state index contributed by atoms with van der Waals surface area (Å²) in [7, 11) is 0. The van der Waals surface area contributed by atoms with E-state index in [0.29, 0.717) is 11.5 Å². The molecule has 0 spiro atoms. The van der Waals surface area contributed by atoms with Gasteiger partial charge in [0.2, 0.25) is 0 Å². The Kier molecular flexibility index (Phi) is 11.4. The van der Waals surface area contributed by atoms with Crippen LogP contribution in [0.1, 0.15) is 138 Å². The highest BCUT2D eigenvalue weighted by Crippen LogP contribution is 2.32. The third-order valence-corrected chi connectivity index (χ3v) is 7.85. The van der Waals surface area contributed by atoms with E-state index in [1.54, 1.807) is 0 Å². The van der Waals surface area contributed by atoms with Crippen LogP contribution < -0.4 is 0 Å². The highest BCUT2D eigenvalue weighted by Gasteiger charge is 2.20. The van der Waals surface area contributed by atoms with Gasteiger partial charge in [0, 0.05) is 23.6 Å². The molecule has 2 aromatic carbocycles. The molecule has 0 aromatic heterocycles. The predicted molar refractivity (Wildman–Crippen MR) is 163 cm³/mol. The molecule has 0 saturated heterocycles. The average Bonchev–Trinajstić information content (AvgIpc) is 2.90. The minimum atomic E-state index is 0.265. The average molecular weight is 519 g/mol. The second-order valence-corrected chi connectivity index (χ2v) is 11.8. The summed E-state index contributed by atoms with van der Waals surface area (Å²) in [6, 6.07) is 9.09. The number of phenols is 2. The first-order valence-electron chi connectivity index (χ1n) is 15.0. The molecule has 4 nitrogen and oxygen atoms in total. The number of unbranched alkanes of at least 4 members (excludes halogenated alkanes) is 2. The van der Waals surface area contributed by atoms with Gasteiger partial charge < -0.3 is 10.2 Å². The fourth-order valence-electron chi connectivity index (χ4n) is 5.34. The van der Waals surface area contributed by atoms with E-state index in [0.717, 1.165) is 86.5 Å². The number of hydrogen-bond acceptors (Lipinski definition) is 4. The Bertz CT molecular complexity index is 1000. The number of benzene rings is 2. The van der Waals surface area contributed by atoms with Crippen LogP contribution in [0.2, 0.25) is 0 Å². The van der Waals surface area contributed by atoms with Crippen LogP contribution in [0, 0.1) is 0 Å². The number of nitrogens with zero attached hydrogens (tertiary/aromatic N) is 2. The van der Waals surface area contributed by atoms with Gasteiger partial charge in [-0.25, -0.2) is 0 Å². The van der Waals surface area contributed by atoms with E-state index in [4.69, 9.17) is 9.98 Å². The number of aromatic hydroxyl groups is 2. The van der Waals surface area contributed by atoms with Gasteiger partial charge in [0.1, 0.15) is 11.5 Å². The fourth-order valence-corrected chi connectivity index (χ4v) is 5.34. The van der Waals surface area contributed by atoms with E-state index < -0.39 is 0 Å². The molecule has 0 bridgehead atoms. The smallest absolute Gasteiger partial charge is 0.127 e. The van der Waals surface area contributed by atoms with Crippen molar-refractivity contribution in [2.75, 3.05) is 0 Å². The Morgan fingerprint density at radius 3 is 1.37 bits per heavy atom. The van der Waals surface area contributed by atoms with E-state index in [9.17, 15) is 10.2 Å². The normalized spacial score (nSPS) is 18.4. The molecule has 4 heteroatoms. The zero-order valence-electron chi connectivity index (χ0n) is 24.6. The first kappa shape index (κ1) is 29.9. The molecule has 38 heavy (non-hydrogen) atoms. The SMILES string of the molecule is CCCCc1cc(C=NC2CCC(N=Cc3cc(CCCC)cc(C(C)C)c3O)CC2)c(O)c(C(C)C)c1. The molecular weight excluding hydrogens is 468 g/mol. The maximum Gasteiger partial charge on any atom is 0.127 e. The van der Waals surface area contributed by atoms with Crippen molar-refractivity contribution in [1.82, 2.24) is 0 Å². The summed E-state index contributed by atoms with van der Waals surface area (Å²) in [4.78, 5) is 9.79. The molecule has 0 aliphatic heterocycles. The predicted octanol–water partition coefficient (Wildman–Crippen LogP) is 8.88. The Balaban J connectivity index is 1.66. The van der Waals surface area contributed by atoms with Crippen LogP contribution in [0.4, 0.5) is 0 Å². The van der Waals surface area contributed by atoms with Crippen LogP contribution in [-0.2, 0) is 12.8 Å². The highest BCUT2D eigenvalue weighted by molar-refractivity contribution is 5.85. The van der Waals surface area contributed by atoms with Gasteiger partial charge in [0.15, 0.2) is 0 Å². The topological polar surface area (TPSA) is 65.2 Å². The van der Waals surface area contributed by atoms with E-state index in [1.165, 1.54) is 11.1 Å². The molecule has 0 amide bonds. The summed E-state index contributed by atoms with van der Waals surface area (Å²) in [5.74, 6) is 1.31. The summed E-state index contributed by atoms with van der Waals surface area (Å²) in [5.41, 5.74) is 6.30. The lowest BCUT2D eigenvalue weighted by Crippen LogP contribution is -2.20. The van der Waals surface area contributed by atoms with Crippen molar-refractivity contribution in [1.29, 1.82) is 0 Å². The first-order chi connectivity index (χ1) is 18.2. The second-order valence-electron chi connectivity index (χ2n) is 11.8. The number of aliphatic imine (C=N–C) groups is 2. The lowest BCUT2D eigenvalue weighted by Gasteiger charge is -2.23. The molecular formula is C34H50N2O2. The van der Waals surface area contributed by atoms with Crippen molar-refractivity contribution in [2.24, 2.45) is 9.98 Å². The molecule has 208 valence electrons. The Hall–Kier alpha value is -2.62. The molecule has 3 rings (SSSR count). The standard InChI is InChI=1S/C34H50N2O2/c1-7-9-11-25-17-27(33(37)31(19-25)23(3)4)21-35-29-13-15-30(16-14-29)36-22-28-18-26(12-10-8-2)20-32(24(5)6)34(28)38/h17-24,29-30,37-38H,7-16H2,1-6H3. The van der Waals surface area contributed by atoms with E-state index in [1.807, 2.05) is 12.4 Å². The molecule has 1 aliphatic carbocycles. The third kappa shape index (κ3) is 8.19. The molecule has 0 radical (unpaired) electrons. The van der Waals surface area contributed by atoms with Crippen molar-refractivity contribution >= 4 is 12.4 Å². The zero-order chi connectivity index (χ0) is 27.7. The van der Waals surface area contributed by atoms with Crippen LogP contribution in [0.15, 0.2) is 34.3 Å². The number of aryl methyl sites for hydroxylation is 2. The number of hydrogen-bond donors (Lipinski definition) is 2. The maximum absolute atomic E-state index is 10.9. The van der Waals surface area contributed by atoms with Gasteiger partial charge in [0.05, 0.1) is 12.1 Å². The van der Waals surface area contributed by atoms with Crippen molar-refractivity contribution in [3.05, 3.63) is 57.6 Å². The lowest BCUT2D eigenvalue weighted by atomic mass is 9.91. The molecule has 0 heterocycles. The minimum absolute atomic E-state index is 0.265. The quantitative estimate of drug-likeness (QED) is 0.276. The number of rotatable bonds is 12. The van der Waals surface area contributed by atoms with Crippen molar-refractivity contribution in [3.8, 4) is 11.5 Å². The van der Waals surface area contributed by atoms with E-state index >= 15 is 0 Å². The van der Waals surface area contributed by atoms with Crippen LogP contribution in [-0.4, -0.2) is 34.7 Å². The summed E-state index contributed by atoms with van der Waals surface area (Å²) in [5, 5.41) is 21.7. The second kappa shape index (κ2) is 14.5. The van der Waals surface area contributed by atoms with Crippen molar-refractivity contribution < 1.29 is 10.2 Å². The van der Waals surface area contributed by atoms with Crippen molar-refractivity contribution in [2.45, 2.75) is 130 Å². The largest absolute Gasteiger partial charge is 0.507 e. The van der Waals surface area contributed by atoms with Gasteiger partial charge >= 0.3 is 0 Å².